The van der Waals surface area contributed by atoms with E-state index in [1.165, 1.54) is 16.0 Å². The van der Waals surface area contributed by atoms with Gasteiger partial charge in [-0.15, -0.1) is 22.7 Å². The summed E-state index contributed by atoms with van der Waals surface area (Å²) in [6.07, 6.45) is 4.98. The van der Waals surface area contributed by atoms with Crippen LogP contribution < -0.4 is 5.43 Å². The molecule has 0 aromatic carbocycles. The Hall–Kier alpha value is -1.46. The van der Waals surface area contributed by atoms with E-state index in [1.807, 2.05) is 17.7 Å². The van der Waals surface area contributed by atoms with Crippen molar-refractivity contribution in [2.75, 3.05) is 0 Å². The highest BCUT2D eigenvalue weighted by atomic mass is 32.1. The molecule has 0 spiro atoms. The maximum absolute atomic E-state index is 12.5. The molecule has 3 rings (SSSR count). The molecule has 128 valence electrons. The molecule has 1 unspecified atom stereocenters. The molecule has 1 N–H and O–H groups in total. The SMILES string of the molecule is Cc1ccsc1/C=N\NC(=O)c1csc2c1CCC(C(C)(C)C)C2. The van der Waals surface area contributed by atoms with Crippen LogP contribution in [0.5, 0.6) is 0 Å². The topological polar surface area (TPSA) is 41.5 Å². The van der Waals surface area contributed by atoms with E-state index in [0.29, 0.717) is 11.3 Å². The molecule has 0 saturated heterocycles. The first-order valence-corrected chi connectivity index (χ1v) is 10.1. The van der Waals surface area contributed by atoms with Crippen LogP contribution >= 0.6 is 22.7 Å². The predicted molar refractivity (Wildman–Crippen MR) is 103 cm³/mol. The minimum Gasteiger partial charge on any atom is -0.267 e. The molecule has 0 fully saturated rings. The number of aryl methyl sites for hydroxylation is 1. The molecular weight excluding hydrogens is 336 g/mol. The van der Waals surface area contributed by atoms with E-state index in [9.17, 15) is 4.79 Å². The van der Waals surface area contributed by atoms with E-state index in [-0.39, 0.29) is 5.91 Å². The number of nitrogens with zero attached hydrogens (tertiary/aromatic N) is 1. The molecule has 0 radical (unpaired) electrons. The van der Waals surface area contributed by atoms with Gasteiger partial charge in [-0.3, -0.25) is 4.79 Å². The number of carbonyl (C=O) groups excluding carboxylic acids is 1. The third-order valence-electron chi connectivity index (χ3n) is 4.87. The molecule has 0 aliphatic heterocycles. The maximum atomic E-state index is 12.5. The molecular formula is C19H24N2OS2. The third-order valence-corrected chi connectivity index (χ3v) is 6.88. The monoisotopic (exact) mass is 360 g/mol. The second-order valence-electron chi connectivity index (χ2n) is 7.52. The second-order valence-corrected chi connectivity index (χ2v) is 9.44. The minimum atomic E-state index is -0.0906. The number of hydrazone groups is 1. The molecule has 1 aliphatic rings. The second kappa shape index (κ2) is 6.81. The van der Waals surface area contributed by atoms with E-state index in [4.69, 9.17) is 0 Å². The lowest BCUT2D eigenvalue weighted by Crippen LogP contribution is -2.27. The van der Waals surface area contributed by atoms with Crippen molar-refractivity contribution in [3.05, 3.63) is 43.3 Å². The molecule has 0 bridgehead atoms. The maximum Gasteiger partial charge on any atom is 0.272 e. The molecule has 1 atom stereocenters. The third kappa shape index (κ3) is 3.62. The lowest BCUT2D eigenvalue weighted by Gasteiger charge is -2.33. The zero-order valence-corrected chi connectivity index (χ0v) is 16.3. The number of carbonyl (C=O) groups is 1. The summed E-state index contributed by atoms with van der Waals surface area (Å²) >= 11 is 3.35. The summed E-state index contributed by atoms with van der Waals surface area (Å²) < 4.78 is 0. The average molecular weight is 361 g/mol. The van der Waals surface area contributed by atoms with Crippen molar-refractivity contribution in [1.82, 2.24) is 5.43 Å². The first-order chi connectivity index (χ1) is 11.4. The number of amides is 1. The first kappa shape index (κ1) is 17.4. The quantitative estimate of drug-likeness (QED) is 0.605. The molecule has 2 aromatic rings. The molecule has 3 nitrogen and oxygen atoms in total. The van der Waals surface area contributed by atoms with Crippen LogP contribution in [0, 0.1) is 18.3 Å². The Labute approximate surface area is 151 Å². The van der Waals surface area contributed by atoms with Crippen LogP contribution in [0.4, 0.5) is 0 Å². The lowest BCUT2D eigenvalue weighted by molar-refractivity contribution is 0.0954. The van der Waals surface area contributed by atoms with Gasteiger partial charge < -0.3 is 0 Å². The molecule has 2 aromatic heterocycles. The highest BCUT2D eigenvalue weighted by Gasteiger charge is 2.31. The van der Waals surface area contributed by atoms with Gasteiger partial charge in [0.15, 0.2) is 0 Å². The Kier molecular flexibility index (Phi) is 4.92. The van der Waals surface area contributed by atoms with Crippen molar-refractivity contribution in [1.29, 1.82) is 0 Å². The largest absolute Gasteiger partial charge is 0.272 e. The Morgan fingerprint density at radius 1 is 1.38 bits per heavy atom. The van der Waals surface area contributed by atoms with Gasteiger partial charge in [0, 0.05) is 15.1 Å². The van der Waals surface area contributed by atoms with E-state index >= 15 is 0 Å². The van der Waals surface area contributed by atoms with Gasteiger partial charge in [0.05, 0.1) is 11.8 Å². The summed E-state index contributed by atoms with van der Waals surface area (Å²) in [4.78, 5) is 14.9. The van der Waals surface area contributed by atoms with Gasteiger partial charge in [0.1, 0.15) is 0 Å². The van der Waals surface area contributed by atoms with Crippen LogP contribution in [0.2, 0.25) is 0 Å². The van der Waals surface area contributed by atoms with E-state index in [0.717, 1.165) is 29.7 Å². The highest BCUT2D eigenvalue weighted by Crippen LogP contribution is 2.40. The summed E-state index contributed by atoms with van der Waals surface area (Å²) in [5, 5.41) is 8.15. The van der Waals surface area contributed by atoms with Gasteiger partial charge in [-0.2, -0.15) is 5.10 Å². The Morgan fingerprint density at radius 3 is 2.83 bits per heavy atom. The van der Waals surface area contributed by atoms with Crippen molar-refractivity contribution in [2.24, 2.45) is 16.4 Å². The van der Waals surface area contributed by atoms with Crippen molar-refractivity contribution in [3.8, 4) is 0 Å². The van der Waals surface area contributed by atoms with Gasteiger partial charge in [-0.05, 0) is 60.1 Å². The van der Waals surface area contributed by atoms with Gasteiger partial charge in [0.25, 0.3) is 5.91 Å². The number of nitrogens with one attached hydrogen (secondary N) is 1. The standard InChI is InChI=1S/C19H24N2OS2/c1-12-7-8-23-17(12)10-20-21-18(22)15-11-24-16-9-13(19(2,3)4)5-6-14(15)16/h7-8,10-11,13H,5-6,9H2,1-4H3,(H,21,22)/b20-10-. The van der Waals surface area contributed by atoms with Crippen molar-refractivity contribution in [2.45, 2.75) is 47.0 Å². The van der Waals surface area contributed by atoms with Crippen molar-refractivity contribution >= 4 is 34.8 Å². The first-order valence-electron chi connectivity index (χ1n) is 8.33. The minimum absolute atomic E-state index is 0.0906. The van der Waals surface area contributed by atoms with Gasteiger partial charge in [0.2, 0.25) is 0 Å². The van der Waals surface area contributed by atoms with E-state index in [1.54, 1.807) is 28.9 Å². The van der Waals surface area contributed by atoms with Crippen molar-refractivity contribution < 1.29 is 4.79 Å². The molecule has 5 heteroatoms. The fourth-order valence-electron chi connectivity index (χ4n) is 3.17. The number of hydrogen-bond acceptors (Lipinski definition) is 4. The number of rotatable bonds is 3. The zero-order valence-electron chi connectivity index (χ0n) is 14.7. The van der Waals surface area contributed by atoms with Crippen LogP contribution in [-0.2, 0) is 12.8 Å². The van der Waals surface area contributed by atoms with Gasteiger partial charge in [-0.25, -0.2) is 5.43 Å². The Balaban J connectivity index is 1.68. The summed E-state index contributed by atoms with van der Waals surface area (Å²) in [6, 6.07) is 2.05. The van der Waals surface area contributed by atoms with Crippen LogP contribution in [0.15, 0.2) is 21.9 Å². The smallest absolute Gasteiger partial charge is 0.267 e. The molecule has 1 amide bonds. The molecule has 0 saturated carbocycles. The summed E-state index contributed by atoms with van der Waals surface area (Å²) in [7, 11) is 0. The van der Waals surface area contributed by atoms with Crippen LogP contribution in [0.3, 0.4) is 0 Å². The average Bonchev–Trinajstić information content (AvgIpc) is 3.12. The Morgan fingerprint density at radius 2 is 2.17 bits per heavy atom. The lowest BCUT2D eigenvalue weighted by atomic mass is 9.72. The number of fused-ring (bicyclic) bond motifs is 1. The summed E-state index contributed by atoms with van der Waals surface area (Å²) in [5.74, 6) is 0.603. The van der Waals surface area contributed by atoms with Gasteiger partial charge in [-0.1, -0.05) is 20.8 Å². The Bertz CT molecular complexity index is 765. The zero-order chi connectivity index (χ0) is 17.3. The number of hydrogen-bond donors (Lipinski definition) is 1. The fraction of sp³-hybridized carbons (Fsp3) is 0.474. The van der Waals surface area contributed by atoms with E-state index in [2.05, 4.69) is 37.4 Å². The van der Waals surface area contributed by atoms with Crippen molar-refractivity contribution in [3.63, 3.8) is 0 Å². The fourth-order valence-corrected chi connectivity index (χ4v) is 5.12. The normalized spacial score (nSPS) is 17.9. The predicted octanol–water partition coefficient (Wildman–Crippen LogP) is 5.03. The highest BCUT2D eigenvalue weighted by molar-refractivity contribution is 7.12. The summed E-state index contributed by atoms with van der Waals surface area (Å²) in [6.45, 7) is 8.97. The van der Waals surface area contributed by atoms with Crippen LogP contribution in [-0.4, -0.2) is 12.1 Å². The van der Waals surface area contributed by atoms with E-state index < -0.39 is 0 Å². The number of thiophene rings is 2. The summed E-state index contributed by atoms with van der Waals surface area (Å²) in [5.41, 5.74) is 6.24. The van der Waals surface area contributed by atoms with Crippen LogP contribution in [0.25, 0.3) is 0 Å². The molecule has 2 heterocycles. The van der Waals surface area contributed by atoms with Gasteiger partial charge >= 0.3 is 0 Å². The molecule has 24 heavy (non-hydrogen) atoms. The molecule has 1 aliphatic carbocycles. The van der Waals surface area contributed by atoms with Crippen LogP contribution in [0.1, 0.15) is 58.4 Å².